The van der Waals surface area contributed by atoms with E-state index in [4.69, 9.17) is 9.97 Å². The lowest BCUT2D eigenvalue weighted by Gasteiger charge is -2.41. The highest BCUT2D eigenvalue weighted by molar-refractivity contribution is 6.12. The van der Waals surface area contributed by atoms with Crippen LogP contribution < -0.4 is 0 Å². The van der Waals surface area contributed by atoms with E-state index in [0.29, 0.717) is 5.82 Å². The molecule has 0 saturated carbocycles. The van der Waals surface area contributed by atoms with Gasteiger partial charge >= 0.3 is 0 Å². The molecule has 1 aliphatic rings. The molecule has 0 radical (unpaired) electrons. The van der Waals surface area contributed by atoms with Crippen LogP contribution in [-0.4, -0.2) is 14.5 Å². The molecule has 3 nitrogen and oxygen atoms in total. The third-order valence-corrected chi connectivity index (χ3v) is 11.5. The summed E-state index contributed by atoms with van der Waals surface area (Å²) in [6.45, 7) is 0. The summed E-state index contributed by atoms with van der Waals surface area (Å²) in [7, 11) is 0. The molecule has 0 spiro atoms. The Morgan fingerprint density at radius 3 is 1.57 bits per heavy atom. The van der Waals surface area contributed by atoms with Crippen LogP contribution in [-0.2, 0) is 5.41 Å². The van der Waals surface area contributed by atoms with Gasteiger partial charge in [-0.1, -0.05) is 194 Å². The summed E-state index contributed by atoms with van der Waals surface area (Å²) < 4.78 is 2.48. The molecule has 3 heteroatoms. The maximum atomic E-state index is 5.05. The van der Waals surface area contributed by atoms with Gasteiger partial charge in [-0.25, -0.2) is 9.97 Å². The Balaban J connectivity index is 1.03. The maximum absolute atomic E-state index is 5.05. The Bertz CT molecular complexity index is 2980. The summed E-state index contributed by atoms with van der Waals surface area (Å²) >= 11 is 0. The second-order valence-electron chi connectivity index (χ2n) is 14.5. The van der Waals surface area contributed by atoms with Gasteiger partial charge in [0.05, 0.1) is 33.5 Å². The van der Waals surface area contributed by atoms with Crippen LogP contribution in [0, 0.1) is 0 Å². The number of aromatic nitrogens is 3. The van der Waals surface area contributed by atoms with Gasteiger partial charge in [-0.15, -0.1) is 0 Å². The SMILES string of the molecule is c1ccc(-c2cc(-c3ccc(-c4ccc(C5(c6ccccc6)c6ccccc6-n6c7ccccc7c7cccc5c76)cc4)cc3)nc(-c3ccccc3)n2)cc1. The molecule has 0 amide bonds. The van der Waals surface area contributed by atoms with Crippen LogP contribution in [0.1, 0.15) is 22.3 Å². The summed E-state index contributed by atoms with van der Waals surface area (Å²) in [5, 5.41) is 2.55. The topological polar surface area (TPSA) is 30.7 Å². The largest absolute Gasteiger partial charge is 0.309 e. The Labute approximate surface area is 325 Å². The van der Waals surface area contributed by atoms with Crippen LogP contribution in [0.3, 0.4) is 0 Å². The van der Waals surface area contributed by atoms with Crippen LogP contribution in [0.25, 0.3) is 72.5 Å². The molecular weight excluding hydrogens is 679 g/mol. The Kier molecular flexibility index (Phi) is 7.39. The van der Waals surface area contributed by atoms with Crippen molar-refractivity contribution < 1.29 is 0 Å². The average Bonchev–Trinajstić information content (AvgIpc) is 3.63. The molecule has 1 aliphatic heterocycles. The van der Waals surface area contributed by atoms with E-state index in [-0.39, 0.29) is 0 Å². The van der Waals surface area contributed by atoms with Crippen LogP contribution in [0.4, 0.5) is 0 Å². The number of nitrogens with zero attached hydrogens (tertiary/aromatic N) is 3. The number of para-hydroxylation sites is 3. The van der Waals surface area contributed by atoms with E-state index < -0.39 is 5.41 Å². The molecule has 1 atom stereocenters. The van der Waals surface area contributed by atoms with E-state index >= 15 is 0 Å². The summed E-state index contributed by atoms with van der Waals surface area (Å²) in [5.41, 5.74) is 15.5. The smallest absolute Gasteiger partial charge is 0.160 e. The van der Waals surface area contributed by atoms with E-state index in [1.54, 1.807) is 0 Å². The lowest BCUT2D eigenvalue weighted by molar-refractivity contribution is 0.728. The molecular formula is C53H35N3. The zero-order valence-corrected chi connectivity index (χ0v) is 30.5. The van der Waals surface area contributed by atoms with Crippen molar-refractivity contribution >= 4 is 21.8 Å². The number of fused-ring (bicyclic) bond motifs is 5. The second-order valence-corrected chi connectivity index (χ2v) is 14.5. The van der Waals surface area contributed by atoms with Crippen molar-refractivity contribution in [2.45, 2.75) is 5.41 Å². The fourth-order valence-corrected chi connectivity index (χ4v) is 8.99. The van der Waals surface area contributed by atoms with Gasteiger partial charge in [-0.2, -0.15) is 0 Å². The molecule has 2 aromatic heterocycles. The first-order chi connectivity index (χ1) is 27.8. The highest BCUT2D eigenvalue weighted by Crippen LogP contribution is 2.54. The van der Waals surface area contributed by atoms with Gasteiger partial charge in [-0.05, 0) is 51.6 Å². The normalized spacial score (nSPS) is 14.5. The van der Waals surface area contributed by atoms with Crippen molar-refractivity contribution in [2.75, 3.05) is 0 Å². The van der Waals surface area contributed by atoms with Gasteiger partial charge < -0.3 is 4.57 Å². The molecule has 0 N–H and O–H groups in total. The summed E-state index contributed by atoms with van der Waals surface area (Å²) in [4.78, 5) is 10.0. The minimum absolute atomic E-state index is 0.524. The van der Waals surface area contributed by atoms with Gasteiger partial charge in [0.25, 0.3) is 0 Å². The average molecular weight is 714 g/mol. The Morgan fingerprint density at radius 1 is 0.357 bits per heavy atom. The lowest BCUT2D eigenvalue weighted by atomic mass is 9.63. The van der Waals surface area contributed by atoms with Gasteiger partial charge in [0.15, 0.2) is 5.82 Å². The van der Waals surface area contributed by atoms with Crippen molar-refractivity contribution in [2.24, 2.45) is 0 Å². The minimum atomic E-state index is -0.524. The highest BCUT2D eigenvalue weighted by atomic mass is 15.0. The van der Waals surface area contributed by atoms with Crippen molar-refractivity contribution in [1.82, 2.24) is 14.5 Å². The first-order valence-corrected chi connectivity index (χ1v) is 19.2. The Morgan fingerprint density at radius 2 is 0.857 bits per heavy atom. The molecule has 1 unspecified atom stereocenters. The van der Waals surface area contributed by atoms with E-state index in [1.807, 2.05) is 36.4 Å². The first kappa shape index (κ1) is 32.1. The Hall–Kier alpha value is -7.36. The quantitative estimate of drug-likeness (QED) is 0.172. The number of benzene rings is 8. The molecule has 56 heavy (non-hydrogen) atoms. The summed E-state index contributed by atoms with van der Waals surface area (Å²) in [5.74, 6) is 0.717. The van der Waals surface area contributed by atoms with Gasteiger partial charge in [0.2, 0.25) is 0 Å². The van der Waals surface area contributed by atoms with Crippen LogP contribution in [0.2, 0.25) is 0 Å². The molecule has 10 aromatic rings. The molecule has 0 saturated heterocycles. The van der Waals surface area contributed by atoms with E-state index in [0.717, 1.165) is 39.2 Å². The monoisotopic (exact) mass is 713 g/mol. The summed E-state index contributed by atoms with van der Waals surface area (Å²) in [6, 6.07) is 76.3. The van der Waals surface area contributed by atoms with Crippen LogP contribution in [0.5, 0.6) is 0 Å². The van der Waals surface area contributed by atoms with Crippen molar-refractivity contribution in [1.29, 1.82) is 0 Å². The number of hydrogen-bond acceptors (Lipinski definition) is 2. The highest BCUT2D eigenvalue weighted by Gasteiger charge is 2.45. The van der Waals surface area contributed by atoms with E-state index in [2.05, 4.69) is 180 Å². The zero-order valence-electron chi connectivity index (χ0n) is 30.5. The predicted octanol–water partition coefficient (Wildman–Crippen LogP) is 12.9. The van der Waals surface area contributed by atoms with Gasteiger partial charge in [-0.3, -0.25) is 0 Å². The third-order valence-electron chi connectivity index (χ3n) is 11.5. The molecule has 8 aromatic carbocycles. The number of hydrogen-bond donors (Lipinski definition) is 0. The van der Waals surface area contributed by atoms with Gasteiger partial charge in [0.1, 0.15) is 0 Å². The van der Waals surface area contributed by atoms with E-state index in [9.17, 15) is 0 Å². The molecule has 262 valence electrons. The predicted molar refractivity (Wildman–Crippen MR) is 230 cm³/mol. The standard InChI is InChI=1S/C53H35N3/c1-4-15-38(16-5-1)47-35-48(55-52(54-47)40-17-6-2-7-18-40)39-29-27-36(28-30-39)37-31-33-42(34-32-37)53(41-19-8-3-9-20-41)45-23-11-13-26-50(45)56-49-25-12-10-21-43(49)44-22-14-24-46(53)51(44)56/h1-35H. The molecule has 0 fully saturated rings. The second kappa shape index (κ2) is 12.9. The fraction of sp³-hybridized carbons (Fsp3) is 0.0189. The van der Waals surface area contributed by atoms with Crippen LogP contribution in [0.15, 0.2) is 212 Å². The van der Waals surface area contributed by atoms with Crippen molar-refractivity contribution in [3.63, 3.8) is 0 Å². The van der Waals surface area contributed by atoms with Crippen LogP contribution >= 0.6 is 0 Å². The van der Waals surface area contributed by atoms with E-state index in [1.165, 1.54) is 49.7 Å². The molecule has 3 heterocycles. The lowest BCUT2D eigenvalue weighted by Crippen LogP contribution is -2.35. The zero-order chi connectivity index (χ0) is 37.1. The summed E-state index contributed by atoms with van der Waals surface area (Å²) in [6.07, 6.45) is 0. The molecule has 11 rings (SSSR count). The molecule has 0 aliphatic carbocycles. The van der Waals surface area contributed by atoms with Crippen molar-refractivity contribution in [3.05, 3.63) is 235 Å². The minimum Gasteiger partial charge on any atom is -0.309 e. The maximum Gasteiger partial charge on any atom is 0.160 e. The van der Waals surface area contributed by atoms with Crippen molar-refractivity contribution in [3.8, 4) is 50.7 Å². The molecule has 0 bridgehead atoms. The first-order valence-electron chi connectivity index (χ1n) is 19.2. The number of rotatable bonds is 6. The van der Waals surface area contributed by atoms with Gasteiger partial charge in [0, 0.05) is 27.5 Å². The third kappa shape index (κ3) is 4.91. The fourth-order valence-electron chi connectivity index (χ4n) is 8.99.